The lowest BCUT2D eigenvalue weighted by Gasteiger charge is -2.11. The van der Waals surface area contributed by atoms with Crippen molar-refractivity contribution in [1.82, 2.24) is 10.3 Å². The zero-order valence-corrected chi connectivity index (χ0v) is 13.8. The van der Waals surface area contributed by atoms with Gasteiger partial charge in [-0.3, -0.25) is 4.79 Å². The maximum atomic E-state index is 12.3. The number of carbonyl (C=O) groups excluding carboxylic acids is 1. The fraction of sp³-hybridized carbons (Fsp3) is 0.211. The summed E-state index contributed by atoms with van der Waals surface area (Å²) in [4.78, 5) is 15.4. The van der Waals surface area contributed by atoms with Gasteiger partial charge in [0.1, 0.15) is 17.2 Å². The highest BCUT2D eigenvalue weighted by molar-refractivity contribution is 5.97. The molecule has 0 bridgehead atoms. The number of carbonyl (C=O) groups is 1. The molecule has 0 aliphatic heterocycles. The minimum Gasteiger partial charge on any atom is -0.497 e. The third-order valence-electron chi connectivity index (χ3n) is 3.94. The third kappa shape index (κ3) is 3.35. The molecular formula is C19H20N2O3. The van der Waals surface area contributed by atoms with Gasteiger partial charge in [-0.1, -0.05) is 18.2 Å². The molecule has 0 atom stereocenters. The van der Waals surface area contributed by atoms with E-state index in [9.17, 15) is 4.79 Å². The molecule has 3 aromatic rings. The summed E-state index contributed by atoms with van der Waals surface area (Å²) < 4.78 is 10.6. The van der Waals surface area contributed by atoms with Crippen molar-refractivity contribution in [2.24, 2.45) is 0 Å². The summed E-state index contributed by atoms with van der Waals surface area (Å²) in [6.45, 7) is 0.512. The molecule has 3 rings (SSSR count). The molecular weight excluding hydrogens is 304 g/mol. The van der Waals surface area contributed by atoms with E-state index in [2.05, 4.69) is 10.3 Å². The van der Waals surface area contributed by atoms with Crippen LogP contribution in [0.25, 0.3) is 10.9 Å². The van der Waals surface area contributed by atoms with Gasteiger partial charge >= 0.3 is 0 Å². The minimum atomic E-state index is -0.118. The van der Waals surface area contributed by atoms with Crippen LogP contribution in [0.1, 0.15) is 16.1 Å². The van der Waals surface area contributed by atoms with Gasteiger partial charge in [-0.15, -0.1) is 0 Å². The molecule has 1 heterocycles. The Morgan fingerprint density at radius 3 is 2.67 bits per heavy atom. The first-order valence-electron chi connectivity index (χ1n) is 7.78. The van der Waals surface area contributed by atoms with Gasteiger partial charge in [0, 0.05) is 17.4 Å². The van der Waals surface area contributed by atoms with E-state index in [1.807, 2.05) is 48.5 Å². The van der Waals surface area contributed by atoms with Crippen LogP contribution in [0.2, 0.25) is 0 Å². The lowest BCUT2D eigenvalue weighted by atomic mass is 10.1. The standard InChI is InChI=1S/C19H20N2O3/c1-23-15-7-8-18(24-2)14(11-15)9-10-20-19(22)17-12-13-5-3-4-6-16(13)21-17/h3-8,11-12,21H,9-10H2,1-2H3,(H,20,22). The number of para-hydroxylation sites is 1. The molecule has 0 unspecified atom stereocenters. The molecule has 0 aliphatic rings. The number of methoxy groups -OCH3 is 2. The van der Waals surface area contributed by atoms with E-state index in [-0.39, 0.29) is 5.91 Å². The molecule has 0 spiro atoms. The fourth-order valence-electron chi connectivity index (χ4n) is 2.68. The van der Waals surface area contributed by atoms with Crippen molar-refractivity contribution in [3.63, 3.8) is 0 Å². The number of amides is 1. The zero-order chi connectivity index (χ0) is 16.9. The second kappa shape index (κ2) is 7.08. The number of aromatic nitrogens is 1. The van der Waals surface area contributed by atoms with Crippen LogP contribution in [0.5, 0.6) is 11.5 Å². The number of aromatic amines is 1. The molecule has 1 amide bonds. The topological polar surface area (TPSA) is 63.4 Å². The van der Waals surface area contributed by atoms with Gasteiger partial charge in [0.2, 0.25) is 0 Å². The van der Waals surface area contributed by atoms with E-state index in [1.165, 1.54) is 0 Å². The average Bonchev–Trinajstić information content (AvgIpc) is 3.05. The fourth-order valence-corrected chi connectivity index (χ4v) is 2.68. The first-order chi connectivity index (χ1) is 11.7. The summed E-state index contributed by atoms with van der Waals surface area (Å²) in [5.41, 5.74) is 2.51. The molecule has 0 saturated heterocycles. The maximum absolute atomic E-state index is 12.3. The number of benzene rings is 2. The van der Waals surface area contributed by atoms with Crippen LogP contribution < -0.4 is 14.8 Å². The molecule has 2 aromatic carbocycles. The number of fused-ring (bicyclic) bond motifs is 1. The number of hydrogen-bond acceptors (Lipinski definition) is 3. The van der Waals surface area contributed by atoms with Crippen molar-refractivity contribution in [2.45, 2.75) is 6.42 Å². The van der Waals surface area contributed by atoms with E-state index in [0.29, 0.717) is 18.7 Å². The molecule has 2 N–H and O–H groups in total. The Bertz CT molecular complexity index is 822. The van der Waals surface area contributed by atoms with Gasteiger partial charge in [0.25, 0.3) is 5.91 Å². The molecule has 124 valence electrons. The smallest absolute Gasteiger partial charge is 0.267 e. The normalized spacial score (nSPS) is 10.6. The number of hydrogen-bond donors (Lipinski definition) is 2. The predicted molar refractivity (Wildman–Crippen MR) is 93.9 cm³/mol. The Morgan fingerprint density at radius 2 is 1.92 bits per heavy atom. The lowest BCUT2D eigenvalue weighted by molar-refractivity contribution is 0.0950. The monoisotopic (exact) mass is 324 g/mol. The molecule has 5 nitrogen and oxygen atoms in total. The summed E-state index contributed by atoms with van der Waals surface area (Å²) >= 11 is 0. The number of ether oxygens (including phenoxy) is 2. The average molecular weight is 324 g/mol. The highest BCUT2D eigenvalue weighted by Gasteiger charge is 2.10. The molecule has 0 aliphatic carbocycles. The Kier molecular flexibility index (Phi) is 4.70. The Hall–Kier alpha value is -2.95. The van der Waals surface area contributed by atoms with Crippen molar-refractivity contribution < 1.29 is 14.3 Å². The highest BCUT2D eigenvalue weighted by atomic mass is 16.5. The Labute approximate surface area is 140 Å². The molecule has 0 radical (unpaired) electrons. The highest BCUT2D eigenvalue weighted by Crippen LogP contribution is 2.24. The number of H-pyrrole nitrogens is 1. The maximum Gasteiger partial charge on any atom is 0.267 e. The van der Waals surface area contributed by atoms with E-state index in [4.69, 9.17) is 9.47 Å². The van der Waals surface area contributed by atoms with E-state index in [1.54, 1.807) is 14.2 Å². The molecule has 5 heteroatoms. The van der Waals surface area contributed by atoms with Crippen LogP contribution in [-0.2, 0) is 6.42 Å². The van der Waals surface area contributed by atoms with Crippen LogP contribution in [0.3, 0.4) is 0 Å². The van der Waals surface area contributed by atoms with Gasteiger partial charge in [0.15, 0.2) is 0 Å². The Morgan fingerprint density at radius 1 is 1.08 bits per heavy atom. The predicted octanol–water partition coefficient (Wildman–Crippen LogP) is 3.16. The molecule has 24 heavy (non-hydrogen) atoms. The minimum absolute atomic E-state index is 0.118. The SMILES string of the molecule is COc1ccc(OC)c(CCNC(=O)c2cc3ccccc3[nH]2)c1. The number of nitrogens with one attached hydrogen (secondary N) is 2. The lowest BCUT2D eigenvalue weighted by Crippen LogP contribution is -2.26. The van der Waals surface area contributed by atoms with Crippen molar-refractivity contribution in [3.8, 4) is 11.5 Å². The van der Waals surface area contributed by atoms with Crippen molar-refractivity contribution in [3.05, 3.63) is 59.8 Å². The van der Waals surface area contributed by atoms with Gasteiger partial charge < -0.3 is 19.8 Å². The van der Waals surface area contributed by atoms with Crippen LogP contribution in [0, 0.1) is 0 Å². The molecule has 1 aromatic heterocycles. The summed E-state index contributed by atoms with van der Waals surface area (Å²) in [5.74, 6) is 1.44. The van der Waals surface area contributed by atoms with Crippen molar-refractivity contribution in [1.29, 1.82) is 0 Å². The van der Waals surface area contributed by atoms with Crippen molar-refractivity contribution in [2.75, 3.05) is 20.8 Å². The first kappa shape index (κ1) is 15.9. The van der Waals surface area contributed by atoms with Gasteiger partial charge in [-0.05, 0) is 42.3 Å². The summed E-state index contributed by atoms with van der Waals surface area (Å²) in [6.07, 6.45) is 0.659. The summed E-state index contributed by atoms with van der Waals surface area (Å²) in [7, 11) is 3.26. The van der Waals surface area contributed by atoms with Crippen LogP contribution in [0.15, 0.2) is 48.5 Å². The summed E-state index contributed by atoms with van der Waals surface area (Å²) in [5, 5.41) is 3.96. The quantitative estimate of drug-likeness (QED) is 0.732. The van der Waals surface area contributed by atoms with Gasteiger partial charge in [-0.25, -0.2) is 0 Å². The van der Waals surface area contributed by atoms with Crippen LogP contribution in [-0.4, -0.2) is 31.7 Å². The summed E-state index contributed by atoms with van der Waals surface area (Å²) in [6, 6.07) is 15.3. The van der Waals surface area contributed by atoms with Gasteiger partial charge in [-0.2, -0.15) is 0 Å². The second-order valence-electron chi connectivity index (χ2n) is 5.45. The van der Waals surface area contributed by atoms with Gasteiger partial charge in [0.05, 0.1) is 14.2 Å². The number of rotatable bonds is 6. The van der Waals surface area contributed by atoms with E-state index < -0.39 is 0 Å². The largest absolute Gasteiger partial charge is 0.497 e. The van der Waals surface area contributed by atoms with Crippen LogP contribution in [0.4, 0.5) is 0 Å². The van der Waals surface area contributed by atoms with E-state index in [0.717, 1.165) is 28.0 Å². The third-order valence-corrected chi connectivity index (χ3v) is 3.94. The zero-order valence-electron chi connectivity index (χ0n) is 13.8. The molecule has 0 saturated carbocycles. The van der Waals surface area contributed by atoms with Crippen molar-refractivity contribution >= 4 is 16.8 Å². The van der Waals surface area contributed by atoms with Crippen LogP contribution >= 0.6 is 0 Å². The first-order valence-corrected chi connectivity index (χ1v) is 7.78. The molecule has 0 fully saturated rings. The Balaban J connectivity index is 1.64. The van der Waals surface area contributed by atoms with E-state index >= 15 is 0 Å². The second-order valence-corrected chi connectivity index (χ2v) is 5.45.